The summed E-state index contributed by atoms with van der Waals surface area (Å²) in [7, 11) is 0. The van der Waals surface area contributed by atoms with Gasteiger partial charge in [-0.1, -0.05) is 24.6 Å². The van der Waals surface area contributed by atoms with Crippen molar-refractivity contribution in [3.05, 3.63) is 92.6 Å². The number of nitrogens with one attached hydrogen (secondary N) is 1. The van der Waals surface area contributed by atoms with Crippen molar-refractivity contribution in [2.24, 2.45) is 5.92 Å². The van der Waals surface area contributed by atoms with Crippen LogP contribution in [-0.2, 0) is 12.8 Å². The number of pyridine rings is 1. The molecule has 0 bridgehead atoms. The van der Waals surface area contributed by atoms with Crippen LogP contribution < -0.4 is 5.56 Å². The Balaban J connectivity index is 0.00000304. The lowest BCUT2D eigenvalue weighted by molar-refractivity contribution is 0.342. The van der Waals surface area contributed by atoms with Crippen LogP contribution in [0.25, 0.3) is 22.2 Å². The number of aromatic amines is 1. The molecule has 2 aromatic carbocycles. The molecule has 3 heterocycles. The van der Waals surface area contributed by atoms with Gasteiger partial charge in [-0.05, 0) is 73.3 Å². The zero-order chi connectivity index (χ0) is 24.5. The van der Waals surface area contributed by atoms with Crippen LogP contribution in [-0.4, -0.2) is 39.5 Å². The summed E-state index contributed by atoms with van der Waals surface area (Å²) in [6.45, 7) is 5.39. The minimum atomic E-state index is -0.654. The molecule has 5 rings (SSSR count). The van der Waals surface area contributed by atoms with Crippen LogP contribution in [0.2, 0.25) is 5.02 Å². The molecule has 0 aliphatic carbocycles. The fourth-order valence-corrected chi connectivity index (χ4v) is 5.00. The Kier molecular flexibility index (Phi) is 8.03. The van der Waals surface area contributed by atoms with Gasteiger partial charge in [-0.2, -0.15) is 0 Å². The van der Waals surface area contributed by atoms with E-state index in [0.29, 0.717) is 45.3 Å². The summed E-state index contributed by atoms with van der Waals surface area (Å²) >= 11 is 6.53. The number of hydrogen-bond donors (Lipinski definition) is 1. The molecule has 1 aliphatic rings. The van der Waals surface area contributed by atoms with E-state index in [9.17, 15) is 13.6 Å². The maximum atomic E-state index is 13.5. The van der Waals surface area contributed by atoms with Gasteiger partial charge in [0.25, 0.3) is 5.56 Å². The lowest BCUT2D eigenvalue weighted by Gasteiger charge is -2.14. The fourth-order valence-electron chi connectivity index (χ4n) is 4.76. The molecule has 1 aliphatic heterocycles. The van der Waals surface area contributed by atoms with Crippen LogP contribution in [0.5, 0.6) is 0 Å². The Bertz CT molecular complexity index is 1420. The predicted octanol–water partition coefficient (Wildman–Crippen LogP) is 5.81. The molecule has 0 radical (unpaired) electrons. The van der Waals surface area contributed by atoms with Gasteiger partial charge in [0.1, 0.15) is 17.5 Å². The van der Waals surface area contributed by atoms with Crippen molar-refractivity contribution in [2.75, 3.05) is 19.6 Å². The van der Waals surface area contributed by atoms with E-state index in [2.05, 4.69) is 21.8 Å². The average molecular weight is 531 g/mol. The first-order chi connectivity index (χ1) is 16.9. The second-order valence-corrected chi connectivity index (χ2v) is 9.52. The van der Waals surface area contributed by atoms with Gasteiger partial charge in [-0.25, -0.2) is 13.8 Å². The molecule has 0 saturated carbocycles. The number of H-pyrrole nitrogens is 1. The van der Waals surface area contributed by atoms with Crippen LogP contribution in [0.4, 0.5) is 8.78 Å². The van der Waals surface area contributed by atoms with E-state index < -0.39 is 11.6 Å². The van der Waals surface area contributed by atoms with Gasteiger partial charge in [-0.15, -0.1) is 12.4 Å². The van der Waals surface area contributed by atoms with Gasteiger partial charge in [0.15, 0.2) is 0 Å². The second-order valence-electron chi connectivity index (χ2n) is 9.11. The molecule has 1 saturated heterocycles. The van der Waals surface area contributed by atoms with Crippen LogP contribution in [0, 0.1) is 17.6 Å². The summed E-state index contributed by atoms with van der Waals surface area (Å²) in [5, 5.41) is 1.06. The first kappa shape index (κ1) is 26.2. The molecule has 0 spiro atoms. The first-order valence-corrected chi connectivity index (χ1v) is 12.1. The minimum absolute atomic E-state index is 0. The highest BCUT2D eigenvalue weighted by atomic mass is 35.5. The second kappa shape index (κ2) is 11.0. The van der Waals surface area contributed by atoms with Crippen LogP contribution in [0.3, 0.4) is 0 Å². The van der Waals surface area contributed by atoms with Crippen molar-refractivity contribution < 1.29 is 8.78 Å². The van der Waals surface area contributed by atoms with E-state index in [-0.39, 0.29) is 18.0 Å². The van der Waals surface area contributed by atoms with E-state index in [1.165, 1.54) is 12.1 Å². The highest BCUT2D eigenvalue weighted by molar-refractivity contribution is 6.32. The summed E-state index contributed by atoms with van der Waals surface area (Å²) in [5.41, 5.74) is 3.03. The summed E-state index contributed by atoms with van der Waals surface area (Å²) < 4.78 is 27.1. The van der Waals surface area contributed by atoms with Crippen molar-refractivity contribution in [1.82, 2.24) is 19.9 Å². The van der Waals surface area contributed by atoms with Crippen molar-refractivity contribution in [3.63, 3.8) is 0 Å². The van der Waals surface area contributed by atoms with Crippen LogP contribution in [0.15, 0.2) is 53.5 Å². The topological polar surface area (TPSA) is 61.9 Å². The van der Waals surface area contributed by atoms with Gasteiger partial charge >= 0.3 is 0 Å². The normalized spacial score (nSPS) is 15.8. The Hall–Kier alpha value is -2.87. The third-order valence-corrected chi connectivity index (χ3v) is 6.95. The zero-order valence-corrected chi connectivity index (χ0v) is 21.3. The molecule has 9 heteroatoms. The number of benzene rings is 2. The predicted molar refractivity (Wildman–Crippen MR) is 141 cm³/mol. The first-order valence-electron chi connectivity index (χ1n) is 11.7. The lowest BCUT2D eigenvalue weighted by atomic mass is 9.97. The average Bonchev–Trinajstić information content (AvgIpc) is 3.28. The number of aromatic nitrogens is 3. The Morgan fingerprint density at radius 1 is 1.14 bits per heavy atom. The largest absolute Gasteiger partial charge is 0.310 e. The monoisotopic (exact) mass is 530 g/mol. The van der Waals surface area contributed by atoms with Crippen molar-refractivity contribution >= 4 is 34.9 Å². The molecule has 1 atom stereocenters. The molecule has 0 unspecified atom stereocenters. The van der Waals surface area contributed by atoms with E-state index >= 15 is 0 Å². The summed E-state index contributed by atoms with van der Waals surface area (Å²) in [5.74, 6) is -0.250. The maximum Gasteiger partial charge on any atom is 0.258 e. The highest BCUT2D eigenvalue weighted by Gasteiger charge is 2.22. The van der Waals surface area contributed by atoms with Crippen molar-refractivity contribution in [2.45, 2.75) is 26.2 Å². The molecule has 0 amide bonds. The Labute approximate surface area is 219 Å². The fraction of sp³-hybridized carbons (Fsp3) is 0.296. The van der Waals surface area contributed by atoms with E-state index in [1.807, 2.05) is 12.1 Å². The third kappa shape index (κ3) is 5.75. The molecular weight excluding hydrogens is 505 g/mol. The smallest absolute Gasteiger partial charge is 0.258 e. The number of nitrogens with zero attached hydrogens (tertiary/aromatic N) is 3. The van der Waals surface area contributed by atoms with Crippen molar-refractivity contribution in [1.29, 1.82) is 0 Å². The summed E-state index contributed by atoms with van der Waals surface area (Å²) in [6, 6.07) is 10.5. The number of likely N-dealkylation sites (tertiary alicyclic amines) is 1. The van der Waals surface area contributed by atoms with Gasteiger partial charge < -0.3 is 9.88 Å². The van der Waals surface area contributed by atoms with Crippen molar-refractivity contribution in [3.8, 4) is 11.3 Å². The molecule has 5 nitrogen and oxygen atoms in total. The maximum absolute atomic E-state index is 13.5. The molecule has 2 aromatic heterocycles. The minimum Gasteiger partial charge on any atom is -0.310 e. The lowest BCUT2D eigenvalue weighted by Crippen LogP contribution is -2.20. The Morgan fingerprint density at radius 2 is 1.92 bits per heavy atom. The van der Waals surface area contributed by atoms with Crippen LogP contribution in [0.1, 0.15) is 30.3 Å². The van der Waals surface area contributed by atoms with E-state index in [4.69, 9.17) is 16.6 Å². The van der Waals surface area contributed by atoms with Gasteiger partial charge in [0.2, 0.25) is 0 Å². The van der Waals surface area contributed by atoms with Gasteiger partial charge in [0.05, 0.1) is 16.6 Å². The zero-order valence-electron chi connectivity index (χ0n) is 19.7. The van der Waals surface area contributed by atoms with E-state index in [1.54, 1.807) is 18.3 Å². The molecule has 4 aromatic rings. The van der Waals surface area contributed by atoms with Gasteiger partial charge in [-0.3, -0.25) is 9.78 Å². The molecule has 188 valence electrons. The molecule has 1 N–H and O–H groups in total. The quantitative estimate of drug-likeness (QED) is 0.341. The third-order valence-electron chi connectivity index (χ3n) is 6.60. The number of rotatable bonds is 6. The molecule has 1 fully saturated rings. The van der Waals surface area contributed by atoms with E-state index in [0.717, 1.165) is 49.7 Å². The summed E-state index contributed by atoms with van der Waals surface area (Å²) in [4.78, 5) is 27.0. The van der Waals surface area contributed by atoms with Crippen LogP contribution >= 0.6 is 24.0 Å². The Morgan fingerprint density at radius 3 is 2.58 bits per heavy atom. The highest BCUT2D eigenvalue weighted by Crippen LogP contribution is 2.28. The standard InChI is InChI=1S/C27H25ClF2N4O.ClH/c1-2-34-6-5-17(15-34)7-18-11-25-22(13-23(18)28)27(35)33-26(32-25)8-16-3-4-24(31-14-16)19-9-20(29)12-21(30)10-19;/h3-4,9-14,17H,2,5-8,15H2,1H3,(H,32,33,35);1H/t17-;/m0./s1. The number of fused-ring (bicyclic) bond motifs is 1. The number of hydrogen-bond acceptors (Lipinski definition) is 4. The molecular formula is C27H26Cl2F2N4O. The summed E-state index contributed by atoms with van der Waals surface area (Å²) in [6.07, 6.45) is 3.99. The van der Waals surface area contributed by atoms with Gasteiger partial charge in [0, 0.05) is 35.8 Å². The SMILES string of the molecule is CCN1CC[C@@H](Cc2cc3nc(Cc4ccc(-c5cc(F)cc(F)c5)nc4)[nH]c(=O)c3cc2Cl)C1.Cl. The number of halogens is 4. The molecule has 36 heavy (non-hydrogen) atoms.